The number of benzene rings is 1. The molecule has 0 spiro atoms. The fourth-order valence-corrected chi connectivity index (χ4v) is 3.59. The fraction of sp³-hybridized carbons (Fsp3) is 0.389. The van der Waals surface area contributed by atoms with E-state index in [1.807, 2.05) is 0 Å². The standard InChI is InChI=1S/C18H17F4N5/c19-13-4-3-11(6-14(13)20)8-26-5-1-2-12(9-26)16-7-15(17(21)22)25-18-23-10-24-27(16)18/h3-4,6-7,10,12,17H,1-2,5,8-9H2. The lowest BCUT2D eigenvalue weighted by Crippen LogP contribution is -2.34. The average Bonchev–Trinajstić information content (AvgIpc) is 3.13. The van der Waals surface area contributed by atoms with Crippen LogP contribution in [-0.4, -0.2) is 37.6 Å². The third-order valence-electron chi connectivity index (χ3n) is 4.84. The molecule has 0 saturated carbocycles. The van der Waals surface area contributed by atoms with Crippen molar-refractivity contribution in [1.29, 1.82) is 0 Å². The number of nitrogens with zero attached hydrogens (tertiary/aromatic N) is 5. The van der Waals surface area contributed by atoms with Gasteiger partial charge in [-0.25, -0.2) is 27.1 Å². The van der Waals surface area contributed by atoms with Crippen molar-refractivity contribution in [3.8, 4) is 0 Å². The molecular weight excluding hydrogens is 362 g/mol. The summed E-state index contributed by atoms with van der Waals surface area (Å²) >= 11 is 0. The van der Waals surface area contributed by atoms with E-state index in [-0.39, 0.29) is 17.4 Å². The normalized spacial score (nSPS) is 18.5. The highest BCUT2D eigenvalue weighted by Gasteiger charge is 2.26. The first-order valence-corrected chi connectivity index (χ1v) is 8.66. The summed E-state index contributed by atoms with van der Waals surface area (Å²) in [6.07, 6.45) is 0.280. The Balaban J connectivity index is 1.58. The lowest BCUT2D eigenvalue weighted by atomic mass is 9.93. The Morgan fingerprint density at radius 3 is 2.78 bits per heavy atom. The van der Waals surface area contributed by atoms with Crippen molar-refractivity contribution in [2.45, 2.75) is 31.7 Å². The molecule has 9 heteroatoms. The molecule has 27 heavy (non-hydrogen) atoms. The van der Waals surface area contributed by atoms with Crippen LogP contribution in [0.3, 0.4) is 0 Å². The minimum absolute atomic E-state index is 0.0336. The summed E-state index contributed by atoms with van der Waals surface area (Å²) in [7, 11) is 0. The summed E-state index contributed by atoms with van der Waals surface area (Å²) in [5.41, 5.74) is 0.995. The quantitative estimate of drug-likeness (QED) is 0.649. The molecule has 1 aliphatic heterocycles. The van der Waals surface area contributed by atoms with E-state index in [1.165, 1.54) is 23.0 Å². The number of alkyl halides is 2. The van der Waals surface area contributed by atoms with E-state index in [9.17, 15) is 17.6 Å². The molecule has 1 saturated heterocycles. The molecule has 4 rings (SSSR count). The van der Waals surface area contributed by atoms with Gasteiger partial charge in [-0.1, -0.05) is 6.07 Å². The van der Waals surface area contributed by atoms with Crippen molar-refractivity contribution in [2.75, 3.05) is 13.1 Å². The molecule has 2 aromatic heterocycles. The van der Waals surface area contributed by atoms with Crippen molar-refractivity contribution in [2.24, 2.45) is 0 Å². The van der Waals surface area contributed by atoms with Gasteiger partial charge < -0.3 is 0 Å². The van der Waals surface area contributed by atoms with Gasteiger partial charge in [0.1, 0.15) is 12.0 Å². The molecular formula is C18H17F4N5. The molecule has 1 aromatic carbocycles. The van der Waals surface area contributed by atoms with E-state index in [1.54, 1.807) is 6.07 Å². The van der Waals surface area contributed by atoms with Gasteiger partial charge in [0.2, 0.25) is 0 Å². The minimum atomic E-state index is -2.69. The second kappa shape index (κ2) is 7.22. The van der Waals surface area contributed by atoms with Crippen molar-refractivity contribution in [1.82, 2.24) is 24.5 Å². The topological polar surface area (TPSA) is 46.3 Å². The molecule has 1 unspecified atom stereocenters. The predicted octanol–water partition coefficient (Wildman–Crippen LogP) is 3.72. The molecule has 1 fully saturated rings. The molecule has 0 aliphatic carbocycles. The molecule has 1 aliphatic rings. The second-order valence-electron chi connectivity index (χ2n) is 6.70. The van der Waals surface area contributed by atoms with Crippen LogP contribution >= 0.6 is 0 Å². The molecule has 5 nitrogen and oxygen atoms in total. The zero-order valence-corrected chi connectivity index (χ0v) is 14.3. The zero-order valence-electron chi connectivity index (χ0n) is 14.3. The first-order valence-electron chi connectivity index (χ1n) is 8.66. The van der Waals surface area contributed by atoms with Gasteiger partial charge >= 0.3 is 0 Å². The van der Waals surface area contributed by atoms with E-state index in [4.69, 9.17) is 0 Å². The number of aromatic nitrogens is 4. The highest BCUT2D eigenvalue weighted by atomic mass is 19.3. The van der Waals surface area contributed by atoms with Gasteiger partial charge in [0.15, 0.2) is 11.6 Å². The summed E-state index contributed by atoms with van der Waals surface area (Å²) in [4.78, 5) is 9.89. The summed E-state index contributed by atoms with van der Waals surface area (Å²) < 4.78 is 54.4. The van der Waals surface area contributed by atoms with Crippen LogP contribution in [0.1, 0.15) is 42.1 Å². The predicted molar refractivity (Wildman–Crippen MR) is 89.3 cm³/mol. The van der Waals surface area contributed by atoms with Gasteiger partial charge in [-0.15, -0.1) is 0 Å². The van der Waals surface area contributed by atoms with Gasteiger partial charge in [0.05, 0.1) is 5.69 Å². The molecule has 0 amide bonds. The zero-order chi connectivity index (χ0) is 19.0. The van der Waals surface area contributed by atoms with E-state index < -0.39 is 18.1 Å². The van der Waals surface area contributed by atoms with Crippen LogP contribution in [0.5, 0.6) is 0 Å². The first-order chi connectivity index (χ1) is 13.0. The van der Waals surface area contributed by atoms with E-state index in [2.05, 4.69) is 20.0 Å². The number of hydrogen-bond acceptors (Lipinski definition) is 4. The lowest BCUT2D eigenvalue weighted by molar-refractivity contribution is 0.145. The van der Waals surface area contributed by atoms with Gasteiger partial charge in [-0.2, -0.15) is 10.1 Å². The maximum Gasteiger partial charge on any atom is 0.280 e. The van der Waals surface area contributed by atoms with Crippen LogP contribution in [0.15, 0.2) is 30.6 Å². The molecule has 0 N–H and O–H groups in total. The first kappa shape index (κ1) is 17.8. The second-order valence-corrected chi connectivity index (χ2v) is 6.70. The number of fused-ring (bicyclic) bond motifs is 1. The Morgan fingerprint density at radius 1 is 1.15 bits per heavy atom. The van der Waals surface area contributed by atoms with Crippen molar-refractivity contribution >= 4 is 5.78 Å². The molecule has 142 valence electrons. The van der Waals surface area contributed by atoms with Crippen molar-refractivity contribution in [3.05, 3.63) is 59.2 Å². The maximum atomic E-state index is 13.4. The Labute approximate surface area is 152 Å². The van der Waals surface area contributed by atoms with Crippen LogP contribution in [0, 0.1) is 11.6 Å². The van der Waals surface area contributed by atoms with Crippen molar-refractivity contribution < 1.29 is 17.6 Å². The average molecular weight is 379 g/mol. The van der Waals surface area contributed by atoms with Gasteiger partial charge in [0, 0.05) is 19.0 Å². The Bertz CT molecular complexity index is 958. The monoisotopic (exact) mass is 379 g/mol. The number of piperidine rings is 1. The Hall–Kier alpha value is -2.55. The van der Waals surface area contributed by atoms with E-state index in [0.717, 1.165) is 25.5 Å². The summed E-state index contributed by atoms with van der Waals surface area (Å²) in [5.74, 6) is -1.63. The smallest absolute Gasteiger partial charge is 0.280 e. The fourth-order valence-electron chi connectivity index (χ4n) is 3.59. The SMILES string of the molecule is Fc1ccc(CN2CCCC(c3cc(C(F)F)nc4ncnn34)C2)cc1F. The van der Waals surface area contributed by atoms with E-state index in [0.29, 0.717) is 24.3 Å². The Kier molecular flexibility index (Phi) is 4.77. The number of likely N-dealkylation sites (tertiary alicyclic amines) is 1. The molecule has 3 aromatic rings. The molecule has 3 heterocycles. The van der Waals surface area contributed by atoms with Gasteiger partial charge in [-0.05, 0) is 43.1 Å². The molecule has 0 bridgehead atoms. The van der Waals surface area contributed by atoms with Crippen molar-refractivity contribution in [3.63, 3.8) is 0 Å². The highest BCUT2D eigenvalue weighted by molar-refractivity contribution is 5.32. The third kappa shape index (κ3) is 3.64. The van der Waals surface area contributed by atoms with Crippen LogP contribution in [0.4, 0.5) is 17.6 Å². The number of rotatable bonds is 4. The Morgan fingerprint density at radius 2 is 2.00 bits per heavy atom. The summed E-state index contributed by atoms with van der Waals surface area (Å²) in [6, 6.07) is 5.25. The molecule has 0 radical (unpaired) electrons. The van der Waals surface area contributed by atoms with Crippen LogP contribution < -0.4 is 0 Å². The minimum Gasteiger partial charge on any atom is -0.298 e. The summed E-state index contributed by atoms with van der Waals surface area (Å²) in [6.45, 7) is 1.85. The van der Waals surface area contributed by atoms with Crippen LogP contribution in [-0.2, 0) is 6.54 Å². The lowest BCUT2D eigenvalue weighted by Gasteiger charge is -2.33. The number of hydrogen-bond donors (Lipinski definition) is 0. The van der Waals surface area contributed by atoms with Crippen LogP contribution in [0.25, 0.3) is 5.78 Å². The summed E-state index contributed by atoms with van der Waals surface area (Å²) in [5, 5.41) is 4.11. The third-order valence-corrected chi connectivity index (χ3v) is 4.84. The van der Waals surface area contributed by atoms with E-state index >= 15 is 0 Å². The van der Waals surface area contributed by atoms with Gasteiger partial charge in [-0.3, -0.25) is 4.90 Å². The van der Waals surface area contributed by atoms with Gasteiger partial charge in [0.25, 0.3) is 12.2 Å². The largest absolute Gasteiger partial charge is 0.298 e. The number of halogens is 4. The highest BCUT2D eigenvalue weighted by Crippen LogP contribution is 2.30. The van der Waals surface area contributed by atoms with Crippen LogP contribution in [0.2, 0.25) is 0 Å². The maximum absolute atomic E-state index is 13.4. The molecule has 1 atom stereocenters.